The zero-order valence-electron chi connectivity index (χ0n) is 7.03. The Bertz CT molecular complexity index is 416. The van der Waals surface area contributed by atoms with Crippen LogP contribution in [0.1, 0.15) is 15.9 Å². The van der Waals surface area contributed by atoms with Crippen molar-refractivity contribution in [2.24, 2.45) is 5.73 Å². The monoisotopic (exact) mass is 241 g/mol. The van der Waals surface area contributed by atoms with E-state index in [9.17, 15) is 22.4 Å². The molecule has 0 atom stereocenters. The van der Waals surface area contributed by atoms with Gasteiger partial charge in [0.05, 0.1) is 16.1 Å². The van der Waals surface area contributed by atoms with Crippen molar-refractivity contribution in [2.45, 2.75) is 6.18 Å². The summed E-state index contributed by atoms with van der Waals surface area (Å²) in [4.78, 5) is 10.7. The molecule has 0 aliphatic carbocycles. The van der Waals surface area contributed by atoms with Crippen LogP contribution in [0.2, 0.25) is 5.02 Å². The lowest BCUT2D eigenvalue weighted by Gasteiger charge is -2.09. The van der Waals surface area contributed by atoms with Gasteiger partial charge in [0.25, 0.3) is 0 Å². The minimum absolute atomic E-state index is 0.292. The number of amides is 1. The van der Waals surface area contributed by atoms with Crippen molar-refractivity contribution in [3.8, 4) is 0 Å². The van der Waals surface area contributed by atoms with Gasteiger partial charge in [-0.3, -0.25) is 4.79 Å². The zero-order chi connectivity index (χ0) is 11.8. The smallest absolute Gasteiger partial charge is 0.366 e. The van der Waals surface area contributed by atoms with Gasteiger partial charge < -0.3 is 5.73 Å². The Balaban J connectivity index is 3.43. The minimum atomic E-state index is -4.89. The number of primary amides is 1. The highest BCUT2D eigenvalue weighted by Crippen LogP contribution is 2.33. The quantitative estimate of drug-likeness (QED) is 0.755. The SMILES string of the molecule is NC(=O)c1cc(C(F)(F)F)c(F)cc1Cl. The summed E-state index contributed by atoms with van der Waals surface area (Å²) in [5.41, 5.74) is 2.63. The van der Waals surface area contributed by atoms with Gasteiger partial charge in [-0.1, -0.05) is 11.6 Å². The number of carbonyl (C=O) groups is 1. The van der Waals surface area contributed by atoms with E-state index in [-0.39, 0.29) is 0 Å². The molecule has 82 valence electrons. The van der Waals surface area contributed by atoms with Gasteiger partial charge in [-0.05, 0) is 12.1 Å². The van der Waals surface area contributed by atoms with Crippen LogP contribution < -0.4 is 5.73 Å². The highest BCUT2D eigenvalue weighted by molar-refractivity contribution is 6.33. The number of halogens is 5. The van der Waals surface area contributed by atoms with Crippen LogP contribution in [-0.4, -0.2) is 5.91 Å². The highest BCUT2D eigenvalue weighted by atomic mass is 35.5. The van der Waals surface area contributed by atoms with Gasteiger partial charge in [0, 0.05) is 0 Å². The van der Waals surface area contributed by atoms with Crippen LogP contribution in [0.15, 0.2) is 12.1 Å². The normalized spacial score (nSPS) is 11.5. The van der Waals surface area contributed by atoms with Crippen molar-refractivity contribution in [2.75, 3.05) is 0 Å². The first-order valence-corrected chi connectivity index (χ1v) is 3.97. The molecule has 1 aromatic rings. The molecule has 0 saturated carbocycles. The highest BCUT2D eigenvalue weighted by Gasteiger charge is 2.35. The Morgan fingerprint density at radius 1 is 1.33 bits per heavy atom. The van der Waals surface area contributed by atoms with E-state index in [0.29, 0.717) is 12.1 Å². The molecule has 15 heavy (non-hydrogen) atoms. The third kappa shape index (κ3) is 2.38. The molecule has 0 saturated heterocycles. The summed E-state index contributed by atoms with van der Waals surface area (Å²) in [6, 6.07) is 0.699. The molecule has 1 amide bonds. The Labute approximate surface area is 86.6 Å². The summed E-state index contributed by atoms with van der Waals surface area (Å²) in [6.07, 6.45) is -4.89. The van der Waals surface area contributed by atoms with Crippen LogP contribution in [0.4, 0.5) is 17.6 Å². The molecule has 2 nitrogen and oxygen atoms in total. The van der Waals surface area contributed by atoms with Gasteiger partial charge in [-0.2, -0.15) is 13.2 Å². The van der Waals surface area contributed by atoms with Crippen molar-refractivity contribution in [3.63, 3.8) is 0 Å². The second-order valence-electron chi connectivity index (χ2n) is 2.67. The molecule has 2 N–H and O–H groups in total. The van der Waals surface area contributed by atoms with E-state index in [1.165, 1.54) is 0 Å². The Morgan fingerprint density at radius 3 is 2.27 bits per heavy atom. The van der Waals surface area contributed by atoms with Crippen LogP contribution >= 0.6 is 11.6 Å². The predicted octanol–water partition coefficient (Wildman–Crippen LogP) is 2.60. The first-order valence-electron chi connectivity index (χ1n) is 3.59. The molecule has 7 heteroatoms. The Kier molecular flexibility index (Phi) is 2.90. The standard InChI is InChI=1S/C8H4ClF4NO/c9-5-2-6(10)4(8(11,12)13)1-3(5)7(14)15/h1-2H,(H2,14,15). The molecular weight excluding hydrogens is 238 g/mol. The van der Waals surface area contributed by atoms with E-state index >= 15 is 0 Å². The van der Waals surface area contributed by atoms with Crippen LogP contribution in [0.3, 0.4) is 0 Å². The number of benzene rings is 1. The van der Waals surface area contributed by atoms with Crippen LogP contribution in [0.5, 0.6) is 0 Å². The molecule has 1 rings (SSSR count). The first kappa shape index (κ1) is 11.8. The third-order valence-electron chi connectivity index (χ3n) is 1.63. The van der Waals surface area contributed by atoms with Crippen molar-refractivity contribution in [3.05, 3.63) is 34.1 Å². The zero-order valence-corrected chi connectivity index (χ0v) is 7.79. The molecular formula is C8H4ClF4NO. The molecule has 0 bridgehead atoms. The van der Waals surface area contributed by atoms with Gasteiger partial charge in [-0.25, -0.2) is 4.39 Å². The van der Waals surface area contributed by atoms with E-state index in [1.807, 2.05) is 0 Å². The maximum atomic E-state index is 12.8. The second-order valence-corrected chi connectivity index (χ2v) is 3.08. The van der Waals surface area contributed by atoms with E-state index < -0.39 is 34.1 Å². The predicted molar refractivity (Wildman–Crippen MR) is 44.9 cm³/mol. The fourth-order valence-electron chi connectivity index (χ4n) is 0.955. The minimum Gasteiger partial charge on any atom is -0.366 e. The lowest BCUT2D eigenvalue weighted by atomic mass is 10.1. The summed E-state index contributed by atoms with van der Waals surface area (Å²) in [6.45, 7) is 0. The summed E-state index contributed by atoms with van der Waals surface area (Å²) < 4.78 is 49.4. The molecule has 0 aliphatic heterocycles. The summed E-state index contributed by atoms with van der Waals surface area (Å²) in [5.74, 6) is -2.69. The molecule has 0 aliphatic rings. The van der Waals surface area contributed by atoms with Crippen LogP contribution in [-0.2, 0) is 6.18 Å². The topological polar surface area (TPSA) is 43.1 Å². The molecule has 0 fully saturated rings. The van der Waals surface area contributed by atoms with Crippen molar-refractivity contribution in [1.29, 1.82) is 0 Å². The van der Waals surface area contributed by atoms with Crippen molar-refractivity contribution >= 4 is 17.5 Å². The fraction of sp³-hybridized carbons (Fsp3) is 0.125. The van der Waals surface area contributed by atoms with Crippen LogP contribution in [0, 0.1) is 5.82 Å². The largest absolute Gasteiger partial charge is 0.419 e. The van der Waals surface area contributed by atoms with E-state index in [2.05, 4.69) is 0 Å². The lowest BCUT2D eigenvalue weighted by Crippen LogP contribution is -2.15. The molecule has 1 aromatic carbocycles. The molecule has 0 spiro atoms. The summed E-state index contributed by atoms with van der Waals surface area (Å²) in [7, 11) is 0. The average molecular weight is 242 g/mol. The average Bonchev–Trinajstić information content (AvgIpc) is 2.00. The number of hydrogen-bond donors (Lipinski definition) is 1. The van der Waals surface area contributed by atoms with E-state index in [1.54, 1.807) is 0 Å². The number of carbonyl (C=O) groups excluding carboxylic acids is 1. The van der Waals surface area contributed by atoms with Gasteiger partial charge >= 0.3 is 6.18 Å². The first-order chi connectivity index (χ1) is 6.73. The number of rotatable bonds is 1. The maximum Gasteiger partial charge on any atom is 0.419 e. The van der Waals surface area contributed by atoms with Gasteiger partial charge in [0.15, 0.2) is 0 Å². The summed E-state index contributed by atoms with van der Waals surface area (Å²) >= 11 is 5.34. The molecule has 0 unspecified atom stereocenters. The number of nitrogens with two attached hydrogens (primary N) is 1. The molecule has 0 heterocycles. The second kappa shape index (κ2) is 3.69. The van der Waals surface area contributed by atoms with Gasteiger partial charge in [-0.15, -0.1) is 0 Å². The number of alkyl halides is 3. The van der Waals surface area contributed by atoms with Crippen molar-refractivity contribution < 1.29 is 22.4 Å². The van der Waals surface area contributed by atoms with Gasteiger partial charge in [0.1, 0.15) is 5.82 Å². The van der Waals surface area contributed by atoms with Crippen molar-refractivity contribution in [1.82, 2.24) is 0 Å². The Hall–Kier alpha value is -1.30. The number of hydrogen-bond acceptors (Lipinski definition) is 1. The lowest BCUT2D eigenvalue weighted by molar-refractivity contribution is -0.140. The van der Waals surface area contributed by atoms with Gasteiger partial charge in [0.2, 0.25) is 5.91 Å². The fourth-order valence-corrected chi connectivity index (χ4v) is 1.20. The van der Waals surface area contributed by atoms with E-state index in [0.717, 1.165) is 0 Å². The third-order valence-corrected chi connectivity index (χ3v) is 1.94. The van der Waals surface area contributed by atoms with E-state index in [4.69, 9.17) is 17.3 Å². The van der Waals surface area contributed by atoms with Crippen LogP contribution in [0.25, 0.3) is 0 Å². The molecule has 0 radical (unpaired) electrons. The summed E-state index contributed by atoms with van der Waals surface area (Å²) in [5, 5.41) is -0.451. The Morgan fingerprint density at radius 2 is 1.87 bits per heavy atom. The molecule has 0 aromatic heterocycles. The maximum absolute atomic E-state index is 12.8.